The Bertz CT molecular complexity index is 671. The van der Waals surface area contributed by atoms with Crippen molar-refractivity contribution in [2.24, 2.45) is 5.73 Å². The van der Waals surface area contributed by atoms with Gasteiger partial charge in [0.25, 0.3) is 5.91 Å². The van der Waals surface area contributed by atoms with E-state index < -0.39 is 5.91 Å². The highest BCUT2D eigenvalue weighted by Gasteiger charge is 2.04. The van der Waals surface area contributed by atoms with Crippen molar-refractivity contribution >= 4 is 23.4 Å². The smallest absolute Gasteiger partial charge is 0.258 e. The summed E-state index contributed by atoms with van der Waals surface area (Å²) in [4.78, 5) is 22.6. The number of benzene rings is 2. The third kappa shape index (κ3) is 4.79. The maximum atomic E-state index is 11.7. The third-order valence-electron chi connectivity index (χ3n) is 2.89. The van der Waals surface area contributed by atoms with Gasteiger partial charge in [-0.3, -0.25) is 9.59 Å². The number of amides is 2. The first kappa shape index (κ1) is 15.9. The SMILES string of the molecule is NC(=O)c1ccc(OCC(=O)NCc2cccc(Cl)c2)cc1. The Morgan fingerprint density at radius 3 is 2.50 bits per heavy atom. The number of carbonyl (C=O) groups excluding carboxylic acids is 2. The number of carbonyl (C=O) groups is 2. The first-order valence-corrected chi connectivity index (χ1v) is 6.96. The molecule has 0 heterocycles. The quantitative estimate of drug-likeness (QED) is 0.856. The highest BCUT2D eigenvalue weighted by molar-refractivity contribution is 6.30. The van der Waals surface area contributed by atoms with Gasteiger partial charge in [-0.15, -0.1) is 0 Å². The molecule has 0 fully saturated rings. The predicted molar refractivity (Wildman–Crippen MR) is 83.8 cm³/mol. The van der Waals surface area contributed by atoms with E-state index in [0.717, 1.165) is 5.56 Å². The Hall–Kier alpha value is -2.53. The van der Waals surface area contributed by atoms with Crippen LogP contribution in [0.1, 0.15) is 15.9 Å². The Kier molecular flexibility index (Phi) is 5.38. The molecular weight excluding hydrogens is 304 g/mol. The average Bonchev–Trinajstić information content (AvgIpc) is 2.51. The summed E-state index contributed by atoms with van der Waals surface area (Å²) in [5.41, 5.74) is 6.43. The van der Waals surface area contributed by atoms with E-state index in [1.807, 2.05) is 12.1 Å². The molecule has 2 amide bonds. The highest BCUT2D eigenvalue weighted by Crippen LogP contribution is 2.12. The fraction of sp³-hybridized carbons (Fsp3) is 0.125. The summed E-state index contributed by atoms with van der Waals surface area (Å²) in [6.07, 6.45) is 0. The normalized spacial score (nSPS) is 10.0. The first-order valence-electron chi connectivity index (χ1n) is 6.58. The topological polar surface area (TPSA) is 81.4 Å². The summed E-state index contributed by atoms with van der Waals surface area (Å²) >= 11 is 5.87. The van der Waals surface area contributed by atoms with Crippen molar-refractivity contribution in [3.05, 3.63) is 64.7 Å². The van der Waals surface area contributed by atoms with Gasteiger partial charge in [0.1, 0.15) is 5.75 Å². The van der Waals surface area contributed by atoms with Crippen molar-refractivity contribution in [1.29, 1.82) is 0 Å². The van der Waals surface area contributed by atoms with Gasteiger partial charge in [0.2, 0.25) is 5.91 Å². The molecule has 0 saturated carbocycles. The number of nitrogens with two attached hydrogens (primary N) is 1. The summed E-state index contributed by atoms with van der Waals surface area (Å²) in [5, 5.41) is 3.35. The van der Waals surface area contributed by atoms with E-state index in [0.29, 0.717) is 22.9 Å². The van der Waals surface area contributed by atoms with Crippen molar-refractivity contribution in [1.82, 2.24) is 5.32 Å². The van der Waals surface area contributed by atoms with Crippen LogP contribution >= 0.6 is 11.6 Å². The Morgan fingerprint density at radius 1 is 1.14 bits per heavy atom. The molecule has 0 aromatic heterocycles. The van der Waals surface area contributed by atoms with E-state index in [9.17, 15) is 9.59 Å². The van der Waals surface area contributed by atoms with Crippen molar-refractivity contribution < 1.29 is 14.3 Å². The molecule has 2 rings (SSSR count). The molecule has 0 saturated heterocycles. The van der Waals surface area contributed by atoms with Crippen LogP contribution in [0.5, 0.6) is 5.75 Å². The van der Waals surface area contributed by atoms with Crippen LogP contribution in [0.25, 0.3) is 0 Å². The van der Waals surface area contributed by atoms with Crippen LogP contribution in [0.15, 0.2) is 48.5 Å². The molecule has 0 aliphatic carbocycles. The molecule has 0 bridgehead atoms. The van der Waals surface area contributed by atoms with E-state index in [4.69, 9.17) is 22.1 Å². The van der Waals surface area contributed by atoms with Gasteiger partial charge in [-0.2, -0.15) is 0 Å². The Morgan fingerprint density at radius 2 is 1.86 bits per heavy atom. The maximum Gasteiger partial charge on any atom is 0.258 e. The molecule has 5 nitrogen and oxygen atoms in total. The summed E-state index contributed by atoms with van der Waals surface area (Å²) < 4.78 is 5.32. The van der Waals surface area contributed by atoms with E-state index in [-0.39, 0.29) is 12.5 Å². The Labute approximate surface area is 133 Å². The molecular formula is C16H15ClN2O3. The van der Waals surface area contributed by atoms with E-state index in [1.165, 1.54) is 0 Å². The second-order valence-corrected chi connectivity index (χ2v) is 5.02. The Balaban J connectivity index is 1.79. The zero-order chi connectivity index (χ0) is 15.9. The minimum Gasteiger partial charge on any atom is -0.484 e. The van der Waals surface area contributed by atoms with Crippen molar-refractivity contribution in [3.63, 3.8) is 0 Å². The van der Waals surface area contributed by atoms with Crippen molar-refractivity contribution in [2.45, 2.75) is 6.54 Å². The predicted octanol–water partition coefficient (Wildman–Crippen LogP) is 2.13. The monoisotopic (exact) mass is 318 g/mol. The lowest BCUT2D eigenvalue weighted by atomic mass is 10.2. The first-order chi connectivity index (χ1) is 10.5. The molecule has 0 radical (unpaired) electrons. The van der Waals surface area contributed by atoms with Gasteiger partial charge in [0, 0.05) is 17.1 Å². The van der Waals surface area contributed by atoms with E-state index in [2.05, 4.69) is 5.32 Å². The molecule has 6 heteroatoms. The molecule has 114 valence electrons. The number of hydrogen-bond donors (Lipinski definition) is 2. The number of nitrogens with one attached hydrogen (secondary N) is 1. The van der Waals surface area contributed by atoms with Crippen LogP contribution in [0.2, 0.25) is 5.02 Å². The molecule has 2 aromatic carbocycles. The zero-order valence-corrected chi connectivity index (χ0v) is 12.5. The van der Waals surface area contributed by atoms with Crippen LogP contribution < -0.4 is 15.8 Å². The van der Waals surface area contributed by atoms with Gasteiger partial charge >= 0.3 is 0 Å². The molecule has 22 heavy (non-hydrogen) atoms. The molecule has 0 spiro atoms. The maximum absolute atomic E-state index is 11.7. The summed E-state index contributed by atoms with van der Waals surface area (Å²) in [5.74, 6) is -0.271. The number of ether oxygens (including phenoxy) is 1. The van der Waals surface area contributed by atoms with E-state index >= 15 is 0 Å². The second kappa shape index (κ2) is 7.47. The van der Waals surface area contributed by atoms with Gasteiger partial charge < -0.3 is 15.8 Å². The number of halogens is 1. The second-order valence-electron chi connectivity index (χ2n) is 4.58. The highest BCUT2D eigenvalue weighted by atomic mass is 35.5. The van der Waals surface area contributed by atoms with Crippen molar-refractivity contribution in [2.75, 3.05) is 6.61 Å². The van der Waals surface area contributed by atoms with Gasteiger partial charge in [0.15, 0.2) is 6.61 Å². The van der Waals surface area contributed by atoms with Crippen LogP contribution in [0.3, 0.4) is 0 Å². The largest absolute Gasteiger partial charge is 0.484 e. The molecule has 0 aliphatic rings. The number of rotatable bonds is 6. The van der Waals surface area contributed by atoms with Crippen LogP contribution in [-0.4, -0.2) is 18.4 Å². The van der Waals surface area contributed by atoms with Gasteiger partial charge in [-0.05, 0) is 42.0 Å². The van der Waals surface area contributed by atoms with Gasteiger partial charge in [0.05, 0.1) is 0 Å². The molecule has 0 aliphatic heterocycles. The number of hydrogen-bond acceptors (Lipinski definition) is 3. The molecule has 2 aromatic rings. The standard InChI is InChI=1S/C16H15ClN2O3/c17-13-3-1-2-11(8-13)9-19-15(20)10-22-14-6-4-12(5-7-14)16(18)21/h1-8H,9-10H2,(H2,18,21)(H,19,20). The van der Waals surface area contributed by atoms with Gasteiger partial charge in [-0.25, -0.2) is 0 Å². The summed E-state index contributed by atoms with van der Waals surface area (Å²) in [7, 11) is 0. The van der Waals surface area contributed by atoms with Crippen molar-refractivity contribution in [3.8, 4) is 5.75 Å². The lowest BCUT2D eigenvalue weighted by Crippen LogP contribution is -2.28. The van der Waals surface area contributed by atoms with Crippen LogP contribution in [-0.2, 0) is 11.3 Å². The molecule has 0 unspecified atom stereocenters. The summed E-state index contributed by atoms with van der Waals surface area (Å²) in [6.45, 7) is 0.264. The lowest BCUT2D eigenvalue weighted by Gasteiger charge is -2.08. The number of primary amides is 1. The van der Waals surface area contributed by atoms with E-state index in [1.54, 1.807) is 36.4 Å². The fourth-order valence-corrected chi connectivity index (χ4v) is 1.98. The average molecular weight is 319 g/mol. The van der Waals surface area contributed by atoms with Crippen LogP contribution in [0.4, 0.5) is 0 Å². The summed E-state index contributed by atoms with van der Waals surface area (Å²) in [6, 6.07) is 13.5. The zero-order valence-electron chi connectivity index (χ0n) is 11.7. The lowest BCUT2D eigenvalue weighted by molar-refractivity contribution is -0.123. The fourth-order valence-electron chi connectivity index (χ4n) is 1.76. The minimum absolute atomic E-state index is 0.115. The van der Waals surface area contributed by atoms with Crippen LogP contribution in [0, 0.1) is 0 Å². The van der Waals surface area contributed by atoms with Gasteiger partial charge in [-0.1, -0.05) is 23.7 Å². The molecule has 3 N–H and O–H groups in total. The molecule has 0 atom stereocenters. The minimum atomic E-state index is -0.509. The third-order valence-corrected chi connectivity index (χ3v) is 3.12.